The molecule has 2 aromatic rings. The van der Waals surface area contributed by atoms with Crippen LogP contribution in [0.3, 0.4) is 0 Å². The quantitative estimate of drug-likeness (QED) is 0.831. The van der Waals surface area contributed by atoms with Gasteiger partial charge in [-0.3, -0.25) is 0 Å². The SMILES string of the molecule is COc1cc(-c2ccco2)ccc1OC1COC1. The zero-order valence-electron chi connectivity index (χ0n) is 10.1. The van der Waals surface area contributed by atoms with E-state index in [1.807, 2.05) is 30.3 Å². The third kappa shape index (κ3) is 2.07. The van der Waals surface area contributed by atoms with Crippen LogP contribution in [-0.2, 0) is 4.74 Å². The van der Waals surface area contributed by atoms with Gasteiger partial charge in [-0.15, -0.1) is 0 Å². The summed E-state index contributed by atoms with van der Waals surface area (Å²) in [6.07, 6.45) is 1.78. The van der Waals surface area contributed by atoms with E-state index in [9.17, 15) is 0 Å². The molecule has 0 saturated carbocycles. The van der Waals surface area contributed by atoms with Gasteiger partial charge in [0.1, 0.15) is 11.9 Å². The highest BCUT2D eigenvalue weighted by Gasteiger charge is 2.21. The van der Waals surface area contributed by atoms with Gasteiger partial charge in [-0.05, 0) is 30.3 Å². The van der Waals surface area contributed by atoms with Crippen molar-refractivity contribution in [2.75, 3.05) is 20.3 Å². The minimum absolute atomic E-state index is 0.133. The van der Waals surface area contributed by atoms with Crippen LogP contribution < -0.4 is 9.47 Å². The third-order valence-corrected chi connectivity index (χ3v) is 2.87. The van der Waals surface area contributed by atoms with E-state index in [0.717, 1.165) is 17.1 Å². The number of ether oxygens (including phenoxy) is 3. The molecule has 0 radical (unpaired) electrons. The zero-order chi connectivity index (χ0) is 12.4. The highest BCUT2D eigenvalue weighted by molar-refractivity contribution is 5.62. The van der Waals surface area contributed by atoms with E-state index >= 15 is 0 Å². The van der Waals surface area contributed by atoms with Crippen molar-refractivity contribution in [2.24, 2.45) is 0 Å². The van der Waals surface area contributed by atoms with Crippen LogP contribution in [0.25, 0.3) is 11.3 Å². The molecular weight excluding hydrogens is 232 g/mol. The Morgan fingerprint density at radius 3 is 2.67 bits per heavy atom. The average molecular weight is 246 g/mol. The van der Waals surface area contributed by atoms with Gasteiger partial charge in [0.05, 0.1) is 26.6 Å². The van der Waals surface area contributed by atoms with E-state index in [-0.39, 0.29) is 6.10 Å². The fourth-order valence-electron chi connectivity index (χ4n) is 1.82. The summed E-state index contributed by atoms with van der Waals surface area (Å²) in [7, 11) is 1.63. The van der Waals surface area contributed by atoms with Crippen molar-refractivity contribution in [1.29, 1.82) is 0 Å². The number of methoxy groups -OCH3 is 1. The Hall–Kier alpha value is -1.94. The lowest BCUT2D eigenvalue weighted by Crippen LogP contribution is -2.38. The monoisotopic (exact) mass is 246 g/mol. The van der Waals surface area contributed by atoms with Gasteiger partial charge in [0, 0.05) is 5.56 Å². The predicted octanol–water partition coefficient (Wildman–Crippen LogP) is 2.73. The fourth-order valence-corrected chi connectivity index (χ4v) is 1.82. The van der Waals surface area contributed by atoms with Crippen LogP contribution in [0.2, 0.25) is 0 Å². The second-order valence-electron chi connectivity index (χ2n) is 4.12. The molecule has 1 aliphatic rings. The normalized spacial score (nSPS) is 15.2. The molecule has 0 unspecified atom stereocenters. The van der Waals surface area contributed by atoms with Crippen molar-refractivity contribution < 1.29 is 18.6 Å². The molecule has 3 rings (SSSR count). The maximum absolute atomic E-state index is 5.76. The zero-order valence-corrected chi connectivity index (χ0v) is 10.1. The molecule has 1 aromatic carbocycles. The summed E-state index contributed by atoms with van der Waals surface area (Å²) in [5, 5.41) is 0. The third-order valence-electron chi connectivity index (χ3n) is 2.87. The van der Waals surface area contributed by atoms with E-state index < -0.39 is 0 Å². The lowest BCUT2D eigenvalue weighted by molar-refractivity contribution is -0.0803. The smallest absolute Gasteiger partial charge is 0.161 e. The Morgan fingerprint density at radius 1 is 1.17 bits per heavy atom. The first-order valence-corrected chi connectivity index (χ1v) is 5.83. The molecule has 94 valence electrons. The van der Waals surface area contributed by atoms with E-state index in [1.165, 1.54) is 0 Å². The Kier molecular flexibility index (Phi) is 2.94. The summed E-state index contributed by atoms with van der Waals surface area (Å²) in [6.45, 7) is 1.28. The van der Waals surface area contributed by atoms with Crippen molar-refractivity contribution in [3.8, 4) is 22.8 Å². The first-order valence-electron chi connectivity index (χ1n) is 5.83. The number of hydrogen-bond donors (Lipinski definition) is 0. The van der Waals surface area contributed by atoms with E-state index in [0.29, 0.717) is 19.0 Å². The Bertz CT molecular complexity index is 515. The molecule has 0 aliphatic carbocycles. The van der Waals surface area contributed by atoms with E-state index in [4.69, 9.17) is 18.6 Å². The molecule has 1 aliphatic heterocycles. The molecule has 0 N–H and O–H groups in total. The summed E-state index contributed by atoms with van der Waals surface area (Å²) in [5.74, 6) is 2.25. The van der Waals surface area contributed by atoms with Gasteiger partial charge in [0.25, 0.3) is 0 Å². The predicted molar refractivity (Wildman–Crippen MR) is 65.9 cm³/mol. The molecular formula is C14H14O4. The van der Waals surface area contributed by atoms with E-state index in [2.05, 4.69) is 0 Å². The Balaban J connectivity index is 1.87. The first-order chi connectivity index (χ1) is 8.86. The molecule has 0 amide bonds. The summed E-state index contributed by atoms with van der Waals surface area (Å²) in [6, 6.07) is 9.53. The molecule has 4 heteroatoms. The molecule has 0 atom stereocenters. The average Bonchev–Trinajstić information content (AvgIpc) is 2.87. The highest BCUT2D eigenvalue weighted by Crippen LogP contribution is 2.33. The van der Waals surface area contributed by atoms with Gasteiger partial charge in [0.15, 0.2) is 11.5 Å². The van der Waals surface area contributed by atoms with Crippen LogP contribution in [0.1, 0.15) is 0 Å². The maximum Gasteiger partial charge on any atom is 0.161 e. The van der Waals surface area contributed by atoms with Crippen LogP contribution in [0, 0.1) is 0 Å². The van der Waals surface area contributed by atoms with Crippen LogP contribution >= 0.6 is 0 Å². The summed E-state index contributed by atoms with van der Waals surface area (Å²) >= 11 is 0. The standard InChI is InChI=1S/C14H14O4/c1-15-14-7-10(12-3-2-6-17-12)4-5-13(14)18-11-8-16-9-11/h2-7,11H,8-9H2,1H3. The molecule has 2 heterocycles. The van der Waals surface area contributed by atoms with Crippen molar-refractivity contribution in [3.05, 3.63) is 36.6 Å². The minimum Gasteiger partial charge on any atom is -0.493 e. The van der Waals surface area contributed by atoms with Gasteiger partial charge < -0.3 is 18.6 Å². The summed E-state index contributed by atoms with van der Waals surface area (Å²) in [5.41, 5.74) is 0.967. The van der Waals surface area contributed by atoms with Crippen LogP contribution in [0.5, 0.6) is 11.5 Å². The molecule has 1 fully saturated rings. The lowest BCUT2D eigenvalue weighted by Gasteiger charge is -2.27. The molecule has 1 saturated heterocycles. The summed E-state index contributed by atoms with van der Waals surface area (Å²) in [4.78, 5) is 0. The highest BCUT2D eigenvalue weighted by atomic mass is 16.6. The molecule has 0 spiro atoms. The first kappa shape index (κ1) is 11.2. The van der Waals surface area contributed by atoms with Gasteiger partial charge in [-0.25, -0.2) is 0 Å². The number of benzene rings is 1. The number of hydrogen-bond acceptors (Lipinski definition) is 4. The van der Waals surface area contributed by atoms with Crippen molar-refractivity contribution >= 4 is 0 Å². The van der Waals surface area contributed by atoms with Gasteiger partial charge >= 0.3 is 0 Å². The minimum atomic E-state index is 0.133. The number of rotatable bonds is 4. The largest absolute Gasteiger partial charge is 0.493 e. The van der Waals surface area contributed by atoms with Crippen molar-refractivity contribution in [2.45, 2.75) is 6.10 Å². The molecule has 4 nitrogen and oxygen atoms in total. The molecule has 18 heavy (non-hydrogen) atoms. The van der Waals surface area contributed by atoms with Crippen molar-refractivity contribution in [1.82, 2.24) is 0 Å². The van der Waals surface area contributed by atoms with E-state index in [1.54, 1.807) is 13.4 Å². The topological polar surface area (TPSA) is 40.8 Å². The van der Waals surface area contributed by atoms with Crippen LogP contribution in [-0.4, -0.2) is 26.4 Å². The Morgan fingerprint density at radius 2 is 2.06 bits per heavy atom. The number of furan rings is 1. The van der Waals surface area contributed by atoms with Crippen LogP contribution in [0.15, 0.2) is 41.0 Å². The molecule has 0 bridgehead atoms. The molecule has 1 aromatic heterocycles. The van der Waals surface area contributed by atoms with Gasteiger partial charge in [-0.2, -0.15) is 0 Å². The van der Waals surface area contributed by atoms with Crippen LogP contribution in [0.4, 0.5) is 0 Å². The Labute approximate surface area is 105 Å². The lowest BCUT2D eigenvalue weighted by atomic mass is 10.1. The van der Waals surface area contributed by atoms with Crippen molar-refractivity contribution in [3.63, 3.8) is 0 Å². The maximum atomic E-state index is 5.76. The van der Waals surface area contributed by atoms with Gasteiger partial charge in [-0.1, -0.05) is 0 Å². The van der Waals surface area contributed by atoms with Gasteiger partial charge in [0.2, 0.25) is 0 Å². The second kappa shape index (κ2) is 4.74. The fraction of sp³-hybridized carbons (Fsp3) is 0.286. The summed E-state index contributed by atoms with van der Waals surface area (Å²) < 4.78 is 21.5. The second-order valence-corrected chi connectivity index (χ2v) is 4.12.